The van der Waals surface area contributed by atoms with E-state index in [-0.39, 0.29) is 6.10 Å². The third-order valence-electron chi connectivity index (χ3n) is 2.79. The van der Waals surface area contributed by atoms with Crippen LogP contribution < -0.4 is 16.2 Å². The molecule has 1 fully saturated rings. The molecule has 0 bridgehead atoms. The number of nitrogens with two attached hydrogens (primary N) is 1. The Balaban J connectivity index is 2.23. The Kier molecular flexibility index (Phi) is 3.75. The van der Waals surface area contributed by atoms with Gasteiger partial charge in [0.1, 0.15) is 17.5 Å². The summed E-state index contributed by atoms with van der Waals surface area (Å²) in [6, 6.07) is 1.87. The first-order valence-corrected chi connectivity index (χ1v) is 5.94. The number of hydrazine groups is 1. The van der Waals surface area contributed by atoms with Gasteiger partial charge in [-0.05, 0) is 6.92 Å². The zero-order chi connectivity index (χ0) is 12.3. The predicted molar refractivity (Wildman–Crippen MR) is 66.8 cm³/mol. The van der Waals surface area contributed by atoms with E-state index in [0.29, 0.717) is 5.82 Å². The Morgan fingerprint density at radius 2 is 2.41 bits per heavy atom. The highest BCUT2D eigenvalue weighted by molar-refractivity contribution is 5.49. The minimum Gasteiger partial charge on any atom is -0.375 e. The predicted octanol–water partition coefficient (Wildman–Crippen LogP) is 0.550. The van der Waals surface area contributed by atoms with Crippen LogP contribution in [0.2, 0.25) is 0 Å². The molecule has 0 radical (unpaired) electrons. The molecule has 0 saturated carbocycles. The average molecular weight is 237 g/mol. The topological polar surface area (TPSA) is 76.3 Å². The van der Waals surface area contributed by atoms with Crippen LogP contribution in [-0.2, 0) is 11.2 Å². The SMILES string of the molecule is CCc1nc(NN)cc(N2CCOC(C)C2)n1. The maximum absolute atomic E-state index is 5.52. The zero-order valence-corrected chi connectivity index (χ0v) is 10.3. The molecule has 1 aromatic heterocycles. The fourth-order valence-electron chi connectivity index (χ4n) is 1.90. The van der Waals surface area contributed by atoms with Gasteiger partial charge in [-0.25, -0.2) is 15.8 Å². The van der Waals surface area contributed by atoms with Gasteiger partial charge < -0.3 is 15.1 Å². The molecule has 1 unspecified atom stereocenters. The fourth-order valence-corrected chi connectivity index (χ4v) is 1.90. The van der Waals surface area contributed by atoms with Crippen molar-refractivity contribution in [3.8, 4) is 0 Å². The monoisotopic (exact) mass is 237 g/mol. The van der Waals surface area contributed by atoms with E-state index in [1.807, 2.05) is 13.0 Å². The molecule has 1 aliphatic rings. The molecule has 1 aromatic rings. The Bertz CT molecular complexity index is 362. The third kappa shape index (κ3) is 2.83. The molecule has 1 saturated heterocycles. The molecule has 0 aliphatic carbocycles. The van der Waals surface area contributed by atoms with Gasteiger partial charge in [-0.3, -0.25) is 0 Å². The van der Waals surface area contributed by atoms with Gasteiger partial charge in [-0.15, -0.1) is 0 Å². The van der Waals surface area contributed by atoms with E-state index in [9.17, 15) is 0 Å². The molecule has 2 heterocycles. The summed E-state index contributed by atoms with van der Waals surface area (Å²) in [7, 11) is 0. The summed E-state index contributed by atoms with van der Waals surface area (Å²) in [5.41, 5.74) is 2.58. The van der Waals surface area contributed by atoms with Gasteiger partial charge >= 0.3 is 0 Å². The Morgan fingerprint density at radius 1 is 1.59 bits per heavy atom. The molecular weight excluding hydrogens is 218 g/mol. The van der Waals surface area contributed by atoms with Crippen molar-refractivity contribution in [2.24, 2.45) is 5.84 Å². The number of aromatic nitrogens is 2. The van der Waals surface area contributed by atoms with Crippen molar-refractivity contribution in [2.75, 3.05) is 30.0 Å². The summed E-state index contributed by atoms with van der Waals surface area (Å²) in [6.07, 6.45) is 1.03. The lowest BCUT2D eigenvalue weighted by Crippen LogP contribution is -2.41. The standard InChI is InChI=1S/C11H19N5O/c1-3-9-13-10(15-12)6-11(14-9)16-4-5-17-8(2)7-16/h6,8H,3-5,7,12H2,1-2H3,(H,13,14,15). The number of nitrogens with one attached hydrogen (secondary N) is 1. The first kappa shape index (κ1) is 12.1. The normalized spacial score (nSPS) is 20.4. The number of hydrogen-bond donors (Lipinski definition) is 2. The van der Waals surface area contributed by atoms with Crippen LogP contribution in [0.1, 0.15) is 19.7 Å². The first-order chi connectivity index (χ1) is 8.22. The van der Waals surface area contributed by atoms with Crippen molar-refractivity contribution in [1.82, 2.24) is 9.97 Å². The van der Waals surface area contributed by atoms with Crippen molar-refractivity contribution in [2.45, 2.75) is 26.4 Å². The van der Waals surface area contributed by atoms with Gasteiger partial charge in [0, 0.05) is 25.6 Å². The number of anilines is 2. The van der Waals surface area contributed by atoms with Crippen LogP contribution in [0, 0.1) is 0 Å². The van der Waals surface area contributed by atoms with E-state index < -0.39 is 0 Å². The molecular formula is C11H19N5O. The second kappa shape index (κ2) is 5.29. The van der Waals surface area contributed by atoms with Gasteiger partial charge in [0.2, 0.25) is 0 Å². The number of morpholine rings is 1. The third-order valence-corrected chi connectivity index (χ3v) is 2.79. The highest BCUT2D eigenvalue weighted by Crippen LogP contribution is 2.18. The maximum Gasteiger partial charge on any atom is 0.145 e. The quantitative estimate of drug-likeness (QED) is 0.590. The van der Waals surface area contributed by atoms with Crippen LogP contribution in [0.5, 0.6) is 0 Å². The average Bonchev–Trinajstić information content (AvgIpc) is 2.38. The van der Waals surface area contributed by atoms with Crippen molar-refractivity contribution in [1.29, 1.82) is 0 Å². The summed E-state index contributed by atoms with van der Waals surface area (Å²) in [5.74, 6) is 7.79. The van der Waals surface area contributed by atoms with Gasteiger partial charge in [-0.2, -0.15) is 0 Å². The van der Waals surface area contributed by atoms with E-state index in [4.69, 9.17) is 10.6 Å². The minimum atomic E-state index is 0.234. The van der Waals surface area contributed by atoms with Gasteiger partial charge in [0.15, 0.2) is 0 Å². The number of rotatable bonds is 3. The van der Waals surface area contributed by atoms with Crippen molar-refractivity contribution in [3.05, 3.63) is 11.9 Å². The number of ether oxygens (including phenoxy) is 1. The second-order valence-electron chi connectivity index (χ2n) is 4.15. The molecule has 0 spiro atoms. The van der Waals surface area contributed by atoms with Crippen LogP contribution in [0.4, 0.5) is 11.6 Å². The molecule has 3 N–H and O–H groups in total. The van der Waals surface area contributed by atoms with Crippen molar-refractivity contribution in [3.63, 3.8) is 0 Å². The van der Waals surface area contributed by atoms with Gasteiger partial charge in [0.05, 0.1) is 12.7 Å². The van der Waals surface area contributed by atoms with E-state index in [1.54, 1.807) is 0 Å². The lowest BCUT2D eigenvalue weighted by molar-refractivity contribution is 0.0529. The Morgan fingerprint density at radius 3 is 3.06 bits per heavy atom. The molecule has 6 heteroatoms. The number of aryl methyl sites for hydroxylation is 1. The van der Waals surface area contributed by atoms with E-state index >= 15 is 0 Å². The molecule has 1 aliphatic heterocycles. The van der Waals surface area contributed by atoms with Gasteiger partial charge in [-0.1, -0.05) is 6.92 Å². The highest BCUT2D eigenvalue weighted by atomic mass is 16.5. The van der Waals surface area contributed by atoms with Gasteiger partial charge in [0.25, 0.3) is 0 Å². The lowest BCUT2D eigenvalue weighted by Gasteiger charge is -2.32. The largest absolute Gasteiger partial charge is 0.375 e. The summed E-state index contributed by atoms with van der Waals surface area (Å²) >= 11 is 0. The van der Waals surface area contributed by atoms with E-state index in [1.165, 1.54) is 0 Å². The summed E-state index contributed by atoms with van der Waals surface area (Å²) in [5, 5.41) is 0. The molecule has 6 nitrogen and oxygen atoms in total. The first-order valence-electron chi connectivity index (χ1n) is 5.94. The zero-order valence-electron chi connectivity index (χ0n) is 10.3. The molecule has 2 rings (SSSR count). The van der Waals surface area contributed by atoms with Crippen LogP contribution >= 0.6 is 0 Å². The summed E-state index contributed by atoms with van der Waals surface area (Å²) in [6.45, 7) is 6.54. The van der Waals surface area contributed by atoms with Crippen LogP contribution in [0.3, 0.4) is 0 Å². The number of nitrogen functional groups attached to an aromatic ring is 1. The summed E-state index contributed by atoms with van der Waals surface area (Å²) < 4.78 is 5.52. The smallest absolute Gasteiger partial charge is 0.145 e. The lowest BCUT2D eigenvalue weighted by atomic mass is 10.3. The highest BCUT2D eigenvalue weighted by Gasteiger charge is 2.19. The van der Waals surface area contributed by atoms with Crippen LogP contribution in [-0.4, -0.2) is 35.8 Å². The summed E-state index contributed by atoms with van der Waals surface area (Å²) in [4.78, 5) is 11.0. The Hall–Kier alpha value is -1.40. The minimum absolute atomic E-state index is 0.234. The molecule has 17 heavy (non-hydrogen) atoms. The second-order valence-corrected chi connectivity index (χ2v) is 4.15. The van der Waals surface area contributed by atoms with E-state index in [2.05, 4.69) is 27.2 Å². The van der Waals surface area contributed by atoms with Crippen LogP contribution in [0.25, 0.3) is 0 Å². The molecule has 1 atom stereocenters. The molecule has 0 amide bonds. The van der Waals surface area contributed by atoms with Crippen molar-refractivity contribution < 1.29 is 4.74 Å². The fraction of sp³-hybridized carbons (Fsp3) is 0.636. The Labute approximate surface area is 101 Å². The number of nitrogens with zero attached hydrogens (tertiary/aromatic N) is 3. The van der Waals surface area contributed by atoms with Crippen LogP contribution in [0.15, 0.2) is 6.07 Å². The van der Waals surface area contributed by atoms with E-state index in [0.717, 1.165) is 37.8 Å². The maximum atomic E-state index is 5.52. The van der Waals surface area contributed by atoms with Crippen molar-refractivity contribution >= 4 is 11.6 Å². The molecule has 94 valence electrons. The molecule has 0 aromatic carbocycles. The number of hydrogen-bond acceptors (Lipinski definition) is 6.